The van der Waals surface area contributed by atoms with Crippen LogP contribution in [0.5, 0.6) is 0 Å². The van der Waals surface area contributed by atoms with Crippen LogP contribution in [0.15, 0.2) is 4.99 Å². The Labute approximate surface area is 124 Å². The van der Waals surface area contributed by atoms with Gasteiger partial charge in [-0.2, -0.15) is 0 Å². The van der Waals surface area contributed by atoms with Gasteiger partial charge in [-0.1, -0.05) is 38.5 Å². The molecular formula is C17H31N3. The molecule has 1 saturated carbocycles. The van der Waals surface area contributed by atoms with Gasteiger partial charge in [0.1, 0.15) is 0 Å². The molecule has 0 aromatic rings. The molecule has 0 atom stereocenters. The maximum absolute atomic E-state index is 4.78. The highest BCUT2D eigenvalue weighted by atomic mass is 15.4. The molecule has 0 radical (unpaired) electrons. The summed E-state index contributed by atoms with van der Waals surface area (Å²) < 4.78 is 0. The van der Waals surface area contributed by atoms with Crippen LogP contribution in [-0.2, 0) is 0 Å². The van der Waals surface area contributed by atoms with E-state index in [1.807, 2.05) is 0 Å². The molecule has 3 aliphatic rings. The van der Waals surface area contributed by atoms with Crippen LogP contribution in [-0.4, -0.2) is 48.5 Å². The number of nitrogens with zero attached hydrogens (tertiary/aromatic N) is 3. The van der Waals surface area contributed by atoms with Crippen molar-refractivity contribution in [3.05, 3.63) is 0 Å². The van der Waals surface area contributed by atoms with E-state index in [4.69, 9.17) is 4.99 Å². The Morgan fingerprint density at radius 2 is 1.70 bits per heavy atom. The molecule has 3 heteroatoms. The van der Waals surface area contributed by atoms with Gasteiger partial charge in [-0.05, 0) is 31.6 Å². The Hall–Kier alpha value is -0.730. The van der Waals surface area contributed by atoms with Gasteiger partial charge in [0.05, 0.1) is 0 Å². The lowest BCUT2D eigenvalue weighted by atomic mass is 9.95. The summed E-state index contributed by atoms with van der Waals surface area (Å²) in [7, 11) is 0. The first-order valence-electron chi connectivity index (χ1n) is 8.98. The Bertz CT molecular complexity index is 318. The van der Waals surface area contributed by atoms with Crippen molar-refractivity contribution in [3.8, 4) is 0 Å². The van der Waals surface area contributed by atoms with Crippen molar-refractivity contribution in [3.63, 3.8) is 0 Å². The number of hydrogen-bond donors (Lipinski definition) is 0. The van der Waals surface area contributed by atoms with E-state index in [1.54, 1.807) is 0 Å². The third-order valence-electron chi connectivity index (χ3n) is 5.28. The zero-order chi connectivity index (χ0) is 13.6. The highest BCUT2D eigenvalue weighted by molar-refractivity contribution is 5.81. The fourth-order valence-corrected chi connectivity index (χ4v) is 4.14. The summed E-state index contributed by atoms with van der Waals surface area (Å²) in [5, 5.41) is 0. The maximum atomic E-state index is 4.78. The van der Waals surface area contributed by atoms with Crippen LogP contribution in [0.4, 0.5) is 0 Å². The first-order valence-corrected chi connectivity index (χ1v) is 8.98. The molecule has 0 spiro atoms. The predicted molar refractivity (Wildman–Crippen MR) is 85.1 cm³/mol. The number of aliphatic imine (C=N–C) groups is 1. The normalized spacial score (nSPS) is 25.1. The summed E-state index contributed by atoms with van der Waals surface area (Å²) in [6, 6.07) is 0. The molecule has 114 valence electrons. The van der Waals surface area contributed by atoms with Crippen LogP contribution in [0, 0.1) is 5.92 Å². The smallest absolute Gasteiger partial charge is 0.196 e. The fourth-order valence-electron chi connectivity index (χ4n) is 4.14. The van der Waals surface area contributed by atoms with E-state index >= 15 is 0 Å². The Morgan fingerprint density at radius 1 is 0.900 bits per heavy atom. The van der Waals surface area contributed by atoms with Crippen molar-refractivity contribution in [1.29, 1.82) is 0 Å². The van der Waals surface area contributed by atoms with E-state index in [0.29, 0.717) is 0 Å². The molecule has 0 amide bonds. The van der Waals surface area contributed by atoms with E-state index in [2.05, 4.69) is 9.80 Å². The average molecular weight is 277 g/mol. The van der Waals surface area contributed by atoms with Crippen molar-refractivity contribution in [2.24, 2.45) is 10.9 Å². The topological polar surface area (TPSA) is 18.8 Å². The van der Waals surface area contributed by atoms with Gasteiger partial charge in [-0.15, -0.1) is 0 Å². The van der Waals surface area contributed by atoms with Gasteiger partial charge in [0.15, 0.2) is 5.96 Å². The third kappa shape index (κ3) is 3.67. The van der Waals surface area contributed by atoms with Crippen molar-refractivity contribution in [2.75, 3.05) is 32.7 Å². The number of fused-ring (bicyclic) bond motifs is 1. The lowest BCUT2D eigenvalue weighted by molar-refractivity contribution is 0.237. The molecule has 0 aromatic carbocycles. The van der Waals surface area contributed by atoms with Crippen LogP contribution in [0.3, 0.4) is 0 Å². The Morgan fingerprint density at radius 3 is 2.55 bits per heavy atom. The highest BCUT2D eigenvalue weighted by Crippen LogP contribution is 2.26. The molecule has 20 heavy (non-hydrogen) atoms. The van der Waals surface area contributed by atoms with Gasteiger partial charge in [-0.3, -0.25) is 4.99 Å². The first-order chi connectivity index (χ1) is 9.93. The SMILES string of the molecule is C1CCCC(CCCN2CCCN3CCCN=C32)CC1. The molecule has 3 rings (SSSR count). The molecule has 1 aliphatic carbocycles. The summed E-state index contributed by atoms with van der Waals surface area (Å²) in [5.41, 5.74) is 0. The minimum absolute atomic E-state index is 1.02. The van der Waals surface area contributed by atoms with Crippen LogP contribution >= 0.6 is 0 Å². The quantitative estimate of drug-likeness (QED) is 0.732. The summed E-state index contributed by atoms with van der Waals surface area (Å²) in [6.07, 6.45) is 14.3. The van der Waals surface area contributed by atoms with Gasteiger partial charge >= 0.3 is 0 Å². The highest BCUT2D eigenvalue weighted by Gasteiger charge is 2.25. The predicted octanol–water partition coefficient (Wildman–Crippen LogP) is 3.50. The van der Waals surface area contributed by atoms with E-state index in [1.165, 1.54) is 96.3 Å². The van der Waals surface area contributed by atoms with E-state index in [0.717, 1.165) is 12.5 Å². The van der Waals surface area contributed by atoms with E-state index < -0.39 is 0 Å². The monoisotopic (exact) mass is 277 g/mol. The lowest BCUT2D eigenvalue weighted by Gasteiger charge is -2.41. The Kier molecular flexibility index (Phi) is 5.21. The molecule has 1 saturated heterocycles. The molecular weight excluding hydrogens is 246 g/mol. The second kappa shape index (κ2) is 7.33. The molecule has 3 nitrogen and oxygen atoms in total. The van der Waals surface area contributed by atoms with Crippen LogP contribution in [0.25, 0.3) is 0 Å². The summed E-state index contributed by atoms with van der Waals surface area (Å²) in [4.78, 5) is 9.86. The number of rotatable bonds is 4. The van der Waals surface area contributed by atoms with Crippen LogP contribution in [0.1, 0.15) is 64.2 Å². The number of hydrogen-bond acceptors (Lipinski definition) is 3. The maximum Gasteiger partial charge on any atom is 0.196 e. The molecule has 0 bridgehead atoms. The minimum atomic E-state index is 1.02. The van der Waals surface area contributed by atoms with E-state index in [-0.39, 0.29) is 0 Å². The van der Waals surface area contributed by atoms with Crippen molar-refractivity contribution < 1.29 is 0 Å². The lowest BCUT2D eigenvalue weighted by Crippen LogP contribution is -2.52. The second-order valence-corrected chi connectivity index (χ2v) is 6.86. The van der Waals surface area contributed by atoms with Gasteiger partial charge in [0.2, 0.25) is 0 Å². The molecule has 0 aromatic heterocycles. The Balaban J connectivity index is 1.44. The molecule has 2 heterocycles. The summed E-state index contributed by atoms with van der Waals surface area (Å²) in [5.74, 6) is 2.34. The van der Waals surface area contributed by atoms with Gasteiger partial charge in [0.25, 0.3) is 0 Å². The summed E-state index contributed by atoms with van der Waals surface area (Å²) >= 11 is 0. The van der Waals surface area contributed by atoms with Crippen LogP contribution in [0.2, 0.25) is 0 Å². The van der Waals surface area contributed by atoms with Crippen molar-refractivity contribution in [1.82, 2.24) is 9.80 Å². The standard InChI is InChI=1S/C17H31N3/c1-2-4-9-16(8-3-1)10-5-12-19-14-7-15-20-13-6-11-18-17(19)20/h16H,1-15H2. The molecule has 2 fully saturated rings. The number of guanidine groups is 1. The molecule has 2 aliphatic heterocycles. The van der Waals surface area contributed by atoms with Gasteiger partial charge < -0.3 is 9.80 Å². The van der Waals surface area contributed by atoms with Gasteiger partial charge in [0, 0.05) is 32.7 Å². The average Bonchev–Trinajstić information content (AvgIpc) is 2.76. The zero-order valence-corrected chi connectivity index (χ0v) is 13.0. The molecule has 0 N–H and O–H groups in total. The second-order valence-electron chi connectivity index (χ2n) is 6.86. The van der Waals surface area contributed by atoms with Crippen molar-refractivity contribution in [2.45, 2.75) is 64.2 Å². The van der Waals surface area contributed by atoms with Crippen LogP contribution < -0.4 is 0 Å². The summed E-state index contributed by atoms with van der Waals surface area (Å²) in [6.45, 7) is 5.99. The van der Waals surface area contributed by atoms with Gasteiger partial charge in [-0.25, -0.2) is 0 Å². The third-order valence-corrected chi connectivity index (χ3v) is 5.28. The minimum Gasteiger partial charge on any atom is -0.343 e. The van der Waals surface area contributed by atoms with E-state index in [9.17, 15) is 0 Å². The molecule has 0 unspecified atom stereocenters. The zero-order valence-electron chi connectivity index (χ0n) is 13.0. The fraction of sp³-hybridized carbons (Fsp3) is 0.941. The largest absolute Gasteiger partial charge is 0.343 e. The van der Waals surface area contributed by atoms with Crippen molar-refractivity contribution >= 4 is 5.96 Å². The first kappa shape index (κ1) is 14.2.